The van der Waals surface area contributed by atoms with Crippen LogP contribution >= 0.6 is 0 Å². The van der Waals surface area contributed by atoms with Crippen molar-refractivity contribution in [3.8, 4) is 55.6 Å². The van der Waals surface area contributed by atoms with Crippen LogP contribution in [0.1, 0.15) is 67.9 Å². The van der Waals surface area contributed by atoms with Crippen molar-refractivity contribution in [2.24, 2.45) is 0 Å². The van der Waals surface area contributed by atoms with Crippen LogP contribution in [-0.4, -0.2) is 0 Å². The van der Waals surface area contributed by atoms with Gasteiger partial charge in [-0.05, 0) is 181 Å². The van der Waals surface area contributed by atoms with E-state index in [2.05, 4.69) is 298 Å². The van der Waals surface area contributed by atoms with Gasteiger partial charge in [0, 0.05) is 50.9 Å². The highest BCUT2D eigenvalue weighted by molar-refractivity contribution is 5.92. The molecule has 0 amide bonds. The lowest BCUT2D eigenvalue weighted by Gasteiger charge is -2.29. The topological polar surface area (TPSA) is 6.48 Å². The predicted octanol–water partition coefficient (Wildman–Crippen LogP) is 19.5. The molecule has 10 aromatic carbocycles. The van der Waals surface area contributed by atoms with Crippen molar-refractivity contribution in [3.63, 3.8) is 0 Å². The van der Waals surface area contributed by atoms with Crippen LogP contribution < -0.4 is 9.80 Å². The number of nitrogens with zero attached hydrogens (tertiary/aromatic N) is 2. The summed E-state index contributed by atoms with van der Waals surface area (Å²) >= 11 is 0. The van der Waals surface area contributed by atoms with E-state index in [-0.39, 0.29) is 10.8 Å². The summed E-state index contributed by atoms with van der Waals surface area (Å²) in [6.45, 7) is 9.65. The number of rotatable bonds is 10. The van der Waals surface area contributed by atoms with Crippen molar-refractivity contribution in [1.29, 1.82) is 0 Å². The smallest absolute Gasteiger partial charge is 0.0462 e. The molecule has 0 radical (unpaired) electrons. The average molecular weight is 951 g/mol. The van der Waals surface area contributed by atoms with Crippen molar-refractivity contribution >= 4 is 28.4 Å². The molecule has 0 fully saturated rings. The molecule has 0 spiro atoms. The van der Waals surface area contributed by atoms with Gasteiger partial charge in [0.15, 0.2) is 0 Å². The summed E-state index contributed by atoms with van der Waals surface area (Å²) in [5.74, 6) is 0.332. The highest BCUT2D eigenvalue weighted by Gasteiger charge is 2.42. The van der Waals surface area contributed by atoms with Gasteiger partial charge in [-0.3, -0.25) is 0 Å². The molecule has 2 heteroatoms. The Morgan fingerprint density at radius 1 is 0.324 bits per heavy atom. The zero-order valence-electron chi connectivity index (χ0n) is 42.5. The number of hydrogen-bond donors (Lipinski definition) is 0. The van der Waals surface area contributed by atoms with E-state index in [0.717, 1.165) is 23.5 Å². The molecule has 1 unspecified atom stereocenters. The molecule has 0 aliphatic heterocycles. The minimum absolute atomic E-state index is 0.141. The van der Waals surface area contributed by atoms with Crippen LogP contribution in [0, 0.1) is 0 Å². The van der Waals surface area contributed by atoms with Crippen LogP contribution in [0.5, 0.6) is 0 Å². The van der Waals surface area contributed by atoms with Gasteiger partial charge >= 0.3 is 0 Å². The molecular weight excluding hydrogens is 893 g/mol. The molecule has 0 saturated carbocycles. The summed E-state index contributed by atoms with van der Waals surface area (Å²) in [5.41, 5.74) is 26.5. The maximum absolute atomic E-state index is 2.53. The van der Waals surface area contributed by atoms with Gasteiger partial charge in [0.2, 0.25) is 0 Å². The second kappa shape index (κ2) is 18.1. The van der Waals surface area contributed by atoms with Gasteiger partial charge < -0.3 is 9.80 Å². The zero-order chi connectivity index (χ0) is 50.0. The first-order valence-electron chi connectivity index (χ1n) is 26.2. The van der Waals surface area contributed by atoms with Crippen molar-refractivity contribution < 1.29 is 0 Å². The third kappa shape index (κ3) is 7.81. The van der Waals surface area contributed by atoms with E-state index in [0.29, 0.717) is 5.92 Å². The zero-order valence-corrected chi connectivity index (χ0v) is 42.5. The number of hydrogen-bond acceptors (Lipinski definition) is 2. The molecular formula is C72H58N2. The minimum Gasteiger partial charge on any atom is -0.311 e. The lowest BCUT2D eigenvalue weighted by Crippen LogP contribution is -2.17. The van der Waals surface area contributed by atoms with Gasteiger partial charge in [-0.25, -0.2) is 0 Å². The largest absolute Gasteiger partial charge is 0.311 e. The molecule has 74 heavy (non-hydrogen) atoms. The number of benzene rings is 10. The normalized spacial score (nSPS) is 15.4. The molecule has 10 aromatic rings. The van der Waals surface area contributed by atoms with Crippen LogP contribution in [-0.2, 0) is 10.8 Å². The molecule has 0 heterocycles. The Hall–Kier alpha value is -8.72. The van der Waals surface area contributed by atoms with E-state index in [1.807, 2.05) is 0 Å². The third-order valence-corrected chi connectivity index (χ3v) is 16.2. The van der Waals surface area contributed by atoms with Gasteiger partial charge in [0.25, 0.3) is 0 Å². The molecule has 2 nitrogen and oxygen atoms in total. The molecule has 13 rings (SSSR count). The van der Waals surface area contributed by atoms with Crippen LogP contribution in [0.3, 0.4) is 0 Å². The molecule has 0 aromatic heterocycles. The second-order valence-corrected chi connectivity index (χ2v) is 21.3. The highest BCUT2D eigenvalue weighted by Crippen LogP contribution is 2.57. The summed E-state index contributed by atoms with van der Waals surface area (Å²) < 4.78 is 0. The molecule has 356 valence electrons. The first-order valence-corrected chi connectivity index (χ1v) is 26.2. The Balaban J connectivity index is 0.724. The predicted molar refractivity (Wildman–Crippen MR) is 312 cm³/mol. The fourth-order valence-electron chi connectivity index (χ4n) is 12.1. The first kappa shape index (κ1) is 45.2. The summed E-state index contributed by atoms with van der Waals surface area (Å²) in [6.07, 6.45) is 8.01. The van der Waals surface area contributed by atoms with Crippen molar-refractivity contribution in [2.75, 3.05) is 9.80 Å². The summed E-state index contributed by atoms with van der Waals surface area (Å²) in [6, 6.07) is 89.2. The van der Waals surface area contributed by atoms with Crippen LogP contribution in [0.2, 0.25) is 0 Å². The number of allylic oxidation sites excluding steroid dienone is 3. The first-order chi connectivity index (χ1) is 36.2. The van der Waals surface area contributed by atoms with Crippen molar-refractivity contribution in [1.82, 2.24) is 0 Å². The number of fused-ring (bicyclic) bond motifs is 6. The van der Waals surface area contributed by atoms with E-state index < -0.39 is 0 Å². The van der Waals surface area contributed by atoms with Crippen LogP contribution in [0.25, 0.3) is 55.6 Å². The van der Waals surface area contributed by atoms with Gasteiger partial charge in [0.05, 0.1) is 0 Å². The molecule has 1 atom stereocenters. The Morgan fingerprint density at radius 3 is 1.07 bits per heavy atom. The Labute approximate surface area is 436 Å². The van der Waals surface area contributed by atoms with Gasteiger partial charge in [0.1, 0.15) is 0 Å². The van der Waals surface area contributed by atoms with E-state index >= 15 is 0 Å². The fourth-order valence-corrected chi connectivity index (χ4v) is 12.1. The monoisotopic (exact) mass is 950 g/mol. The Morgan fingerprint density at radius 2 is 0.662 bits per heavy atom. The van der Waals surface area contributed by atoms with E-state index in [4.69, 9.17) is 0 Å². The molecule has 0 N–H and O–H groups in total. The second-order valence-electron chi connectivity index (χ2n) is 21.3. The third-order valence-electron chi connectivity index (χ3n) is 16.2. The molecule has 3 aliphatic carbocycles. The summed E-state index contributed by atoms with van der Waals surface area (Å²) in [5, 5.41) is 0. The minimum atomic E-state index is -0.145. The molecule has 3 aliphatic rings. The van der Waals surface area contributed by atoms with Crippen LogP contribution in [0.15, 0.2) is 267 Å². The van der Waals surface area contributed by atoms with E-state index in [9.17, 15) is 0 Å². The molecule has 0 saturated heterocycles. The number of anilines is 5. The Bertz CT molecular complexity index is 3680. The lowest BCUT2D eigenvalue weighted by atomic mass is 9.79. The van der Waals surface area contributed by atoms with Crippen molar-refractivity contribution in [2.45, 2.75) is 50.9 Å². The van der Waals surface area contributed by atoms with Gasteiger partial charge in [-0.15, -0.1) is 0 Å². The standard InChI is InChI=1S/C72H58N2/c1-71(2)67-45-55(53-29-25-49(26-30-53)51-33-39-61(40-34-51)73(57-17-9-5-10-18-57)58-19-11-6-12-20-58)37-43-63(67)65-48-70-66(47-69(65)71)64-44-38-56(46-68(64)72(70,3)4)54-31-27-50(28-32-54)52-35-41-62(42-36-52)74(59-21-13-7-14-22-59)60-23-15-8-16-24-60/h5-35,37-48,52H,36H2,1-4H3. The van der Waals surface area contributed by atoms with E-state index in [1.54, 1.807) is 0 Å². The lowest BCUT2D eigenvalue weighted by molar-refractivity contribution is 0.652. The maximum atomic E-state index is 2.53. The molecule has 0 bridgehead atoms. The van der Waals surface area contributed by atoms with Crippen LogP contribution in [0.4, 0.5) is 28.4 Å². The van der Waals surface area contributed by atoms with Gasteiger partial charge in [-0.2, -0.15) is 0 Å². The average Bonchev–Trinajstić information content (AvgIpc) is 3.83. The van der Waals surface area contributed by atoms with E-state index in [1.165, 1.54) is 101 Å². The SMILES string of the molecule is CC1(C)c2cc(-c3ccc(-c4ccc(N(c5ccccc5)c5ccccc5)cc4)cc3)ccc2-c2cc3c(cc21)-c1ccc(-c2ccc(C4C=CC(N(c5ccccc5)c5ccccc5)=CC4)cc2)cc1C3(C)C. The Kier molecular flexibility index (Phi) is 11.0. The summed E-state index contributed by atoms with van der Waals surface area (Å²) in [4.78, 5) is 4.65. The maximum Gasteiger partial charge on any atom is 0.0462 e. The summed E-state index contributed by atoms with van der Waals surface area (Å²) in [7, 11) is 0. The highest BCUT2D eigenvalue weighted by atomic mass is 15.1. The van der Waals surface area contributed by atoms with Gasteiger partial charge in [-0.1, -0.05) is 198 Å². The fraction of sp³-hybridized carbons (Fsp3) is 0.111. The van der Waals surface area contributed by atoms with Crippen molar-refractivity contribution in [3.05, 3.63) is 294 Å². The number of para-hydroxylation sites is 4. The quantitative estimate of drug-likeness (QED) is 0.135.